The van der Waals surface area contributed by atoms with Crippen molar-refractivity contribution in [2.24, 2.45) is 5.92 Å². The van der Waals surface area contributed by atoms with Crippen molar-refractivity contribution in [2.75, 3.05) is 13.7 Å². The number of carbonyl (C=O) groups is 3. The lowest BCUT2D eigenvalue weighted by atomic mass is 9.90. The topological polar surface area (TPSA) is 112 Å². The predicted octanol–water partition coefficient (Wildman–Crippen LogP) is 1.60. The second-order valence-electron chi connectivity index (χ2n) is 7.66. The van der Waals surface area contributed by atoms with E-state index in [4.69, 9.17) is 4.74 Å². The van der Waals surface area contributed by atoms with E-state index >= 15 is 0 Å². The third-order valence-corrected chi connectivity index (χ3v) is 5.17. The van der Waals surface area contributed by atoms with Crippen LogP contribution in [0.2, 0.25) is 0 Å². The van der Waals surface area contributed by atoms with Crippen molar-refractivity contribution < 1.29 is 19.1 Å². The van der Waals surface area contributed by atoms with Gasteiger partial charge in [0, 0.05) is 6.42 Å². The largest absolute Gasteiger partial charge is 0.496 e. The van der Waals surface area contributed by atoms with Crippen molar-refractivity contribution in [1.29, 1.82) is 5.26 Å². The van der Waals surface area contributed by atoms with Crippen LogP contribution in [0.25, 0.3) is 0 Å². The van der Waals surface area contributed by atoms with Crippen LogP contribution in [0.1, 0.15) is 33.3 Å². The van der Waals surface area contributed by atoms with Gasteiger partial charge in [-0.25, -0.2) is 4.79 Å². The van der Waals surface area contributed by atoms with E-state index in [1.54, 1.807) is 19.9 Å². The van der Waals surface area contributed by atoms with E-state index in [2.05, 4.69) is 16.7 Å². The molecule has 0 saturated carbocycles. The SMILES string of the molecule is COc1ccccc1C[C@]1(C)NC(=O)N(CC(=O)N[C@@](C)(C#N)C(C)C)C1=O. The smallest absolute Gasteiger partial charge is 0.325 e. The molecule has 0 unspecified atom stereocenters. The first-order valence-electron chi connectivity index (χ1n) is 9.04. The second kappa shape index (κ2) is 7.89. The number of para-hydroxylation sites is 1. The standard InChI is InChI=1S/C20H26N4O4/c1-13(2)20(4,12-21)22-16(25)11-24-17(26)19(3,23-18(24)27)10-14-8-6-7-9-15(14)28-5/h6-9,13H,10-11H2,1-5H3,(H,22,25)(H,23,27)/t19-,20-/m0/s1. The van der Waals surface area contributed by atoms with Gasteiger partial charge in [0.15, 0.2) is 0 Å². The maximum absolute atomic E-state index is 12.9. The number of rotatable bonds is 7. The average Bonchev–Trinajstić information content (AvgIpc) is 2.84. The Hall–Kier alpha value is -3.08. The van der Waals surface area contributed by atoms with Crippen LogP contribution in [-0.2, 0) is 16.0 Å². The van der Waals surface area contributed by atoms with E-state index in [1.807, 2.05) is 32.0 Å². The number of benzene rings is 1. The van der Waals surface area contributed by atoms with Gasteiger partial charge < -0.3 is 15.4 Å². The van der Waals surface area contributed by atoms with Crippen molar-refractivity contribution in [1.82, 2.24) is 15.5 Å². The summed E-state index contributed by atoms with van der Waals surface area (Å²) >= 11 is 0. The van der Waals surface area contributed by atoms with Gasteiger partial charge in [0.25, 0.3) is 5.91 Å². The van der Waals surface area contributed by atoms with Crippen LogP contribution in [-0.4, -0.2) is 47.5 Å². The molecule has 28 heavy (non-hydrogen) atoms. The number of nitrogens with zero attached hydrogens (tertiary/aromatic N) is 2. The number of nitrogens with one attached hydrogen (secondary N) is 2. The minimum atomic E-state index is -1.19. The average molecular weight is 386 g/mol. The van der Waals surface area contributed by atoms with Crippen LogP contribution in [0.3, 0.4) is 0 Å². The fraction of sp³-hybridized carbons (Fsp3) is 0.500. The van der Waals surface area contributed by atoms with Gasteiger partial charge in [0.2, 0.25) is 5.91 Å². The zero-order chi connectivity index (χ0) is 21.1. The summed E-state index contributed by atoms with van der Waals surface area (Å²) < 4.78 is 5.31. The molecule has 8 nitrogen and oxygen atoms in total. The number of nitriles is 1. The molecule has 8 heteroatoms. The molecule has 2 rings (SSSR count). The van der Waals surface area contributed by atoms with Crippen LogP contribution in [0.15, 0.2) is 24.3 Å². The summed E-state index contributed by atoms with van der Waals surface area (Å²) in [6, 6.07) is 8.67. The molecular weight excluding hydrogens is 360 g/mol. The van der Waals surface area contributed by atoms with Gasteiger partial charge in [-0.2, -0.15) is 5.26 Å². The van der Waals surface area contributed by atoms with E-state index < -0.39 is 35.5 Å². The maximum Gasteiger partial charge on any atom is 0.325 e. The van der Waals surface area contributed by atoms with Crippen molar-refractivity contribution in [2.45, 2.75) is 45.2 Å². The highest BCUT2D eigenvalue weighted by Gasteiger charge is 2.49. The van der Waals surface area contributed by atoms with Gasteiger partial charge in [0.05, 0.1) is 13.2 Å². The van der Waals surface area contributed by atoms with E-state index in [0.717, 1.165) is 10.5 Å². The van der Waals surface area contributed by atoms with Gasteiger partial charge >= 0.3 is 6.03 Å². The normalized spacial score (nSPS) is 21.1. The monoisotopic (exact) mass is 386 g/mol. The molecule has 150 valence electrons. The Morgan fingerprint density at radius 3 is 2.61 bits per heavy atom. The Kier molecular flexibility index (Phi) is 5.98. The summed E-state index contributed by atoms with van der Waals surface area (Å²) in [5.74, 6) is -0.589. The fourth-order valence-electron chi connectivity index (χ4n) is 3.01. The molecule has 0 radical (unpaired) electrons. The third-order valence-electron chi connectivity index (χ3n) is 5.17. The number of methoxy groups -OCH3 is 1. The van der Waals surface area contributed by atoms with Crippen LogP contribution < -0.4 is 15.4 Å². The van der Waals surface area contributed by atoms with Crippen LogP contribution >= 0.6 is 0 Å². The number of ether oxygens (including phenoxy) is 1. The van der Waals surface area contributed by atoms with Crippen molar-refractivity contribution in [3.63, 3.8) is 0 Å². The molecule has 1 aliphatic rings. The summed E-state index contributed by atoms with van der Waals surface area (Å²) in [4.78, 5) is 38.5. The molecule has 2 atom stereocenters. The minimum Gasteiger partial charge on any atom is -0.496 e. The van der Waals surface area contributed by atoms with Crippen LogP contribution in [0, 0.1) is 17.2 Å². The molecule has 1 saturated heterocycles. The van der Waals surface area contributed by atoms with Gasteiger partial charge in [-0.1, -0.05) is 32.0 Å². The quantitative estimate of drug-likeness (QED) is 0.692. The summed E-state index contributed by atoms with van der Waals surface area (Å²) in [6.07, 6.45) is 0.224. The number of hydrogen-bond donors (Lipinski definition) is 2. The zero-order valence-electron chi connectivity index (χ0n) is 16.8. The summed E-state index contributed by atoms with van der Waals surface area (Å²) in [6.45, 7) is 6.39. The van der Waals surface area contributed by atoms with Crippen molar-refractivity contribution in [3.8, 4) is 11.8 Å². The molecule has 1 fully saturated rings. The number of amides is 4. The van der Waals surface area contributed by atoms with Gasteiger partial charge in [-0.05, 0) is 31.4 Å². The molecule has 4 amide bonds. The van der Waals surface area contributed by atoms with Gasteiger partial charge in [-0.3, -0.25) is 14.5 Å². The van der Waals surface area contributed by atoms with Crippen LogP contribution in [0.4, 0.5) is 4.79 Å². The minimum absolute atomic E-state index is 0.139. The summed E-state index contributed by atoms with van der Waals surface area (Å²) in [7, 11) is 1.54. The highest BCUT2D eigenvalue weighted by Crippen LogP contribution is 2.27. The Bertz CT molecular complexity index is 832. The molecule has 0 spiro atoms. The molecule has 0 aromatic heterocycles. The maximum atomic E-state index is 12.9. The van der Waals surface area contributed by atoms with E-state index in [0.29, 0.717) is 5.75 Å². The van der Waals surface area contributed by atoms with E-state index in [-0.39, 0.29) is 12.3 Å². The molecule has 0 bridgehead atoms. The number of imide groups is 1. The zero-order valence-corrected chi connectivity index (χ0v) is 16.8. The second-order valence-corrected chi connectivity index (χ2v) is 7.66. The lowest BCUT2D eigenvalue weighted by Gasteiger charge is -2.28. The summed E-state index contributed by atoms with van der Waals surface area (Å²) in [5.41, 5.74) is -1.51. The van der Waals surface area contributed by atoms with E-state index in [1.165, 1.54) is 7.11 Å². The number of urea groups is 1. The predicted molar refractivity (Wildman–Crippen MR) is 102 cm³/mol. The molecule has 1 aromatic rings. The summed E-state index contributed by atoms with van der Waals surface area (Å²) in [5, 5.41) is 14.6. The Morgan fingerprint density at radius 2 is 2.04 bits per heavy atom. The highest BCUT2D eigenvalue weighted by atomic mass is 16.5. The number of hydrogen-bond acceptors (Lipinski definition) is 5. The highest BCUT2D eigenvalue weighted by molar-refractivity contribution is 6.09. The molecule has 1 aliphatic heterocycles. The molecule has 0 aliphatic carbocycles. The number of carbonyl (C=O) groups excluding carboxylic acids is 3. The first-order valence-corrected chi connectivity index (χ1v) is 9.04. The molecule has 1 heterocycles. The third kappa shape index (κ3) is 4.09. The first kappa shape index (κ1) is 21.2. The van der Waals surface area contributed by atoms with Gasteiger partial charge in [0.1, 0.15) is 23.4 Å². The van der Waals surface area contributed by atoms with Gasteiger partial charge in [-0.15, -0.1) is 0 Å². The Morgan fingerprint density at radius 1 is 1.39 bits per heavy atom. The van der Waals surface area contributed by atoms with Crippen molar-refractivity contribution >= 4 is 17.8 Å². The van der Waals surface area contributed by atoms with Crippen molar-refractivity contribution in [3.05, 3.63) is 29.8 Å². The Labute approximate surface area is 164 Å². The van der Waals surface area contributed by atoms with Crippen LogP contribution in [0.5, 0.6) is 5.75 Å². The first-order chi connectivity index (χ1) is 13.1. The Balaban J connectivity index is 2.15. The molecular formula is C20H26N4O4. The molecule has 1 aromatic carbocycles. The fourth-order valence-corrected chi connectivity index (χ4v) is 3.01. The lowest BCUT2D eigenvalue weighted by Crippen LogP contribution is -2.53. The van der Waals surface area contributed by atoms with E-state index in [9.17, 15) is 19.6 Å². The molecule has 2 N–H and O–H groups in total. The lowest BCUT2D eigenvalue weighted by molar-refractivity contribution is -0.135.